The summed E-state index contributed by atoms with van der Waals surface area (Å²) < 4.78 is 0. The van der Waals surface area contributed by atoms with Gasteiger partial charge in [0.05, 0.1) is 0 Å². The highest BCUT2D eigenvalue weighted by atomic mass is 16.1. The van der Waals surface area contributed by atoms with Gasteiger partial charge >= 0.3 is 0 Å². The van der Waals surface area contributed by atoms with Crippen molar-refractivity contribution >= 4 is 5.78 Å². The van der Waals surface area contributed by atoms with Crippen LogP contribution in [0.15, 0.2) is 11.6 Å². The number of hydrogen-bond acceptors (Lipinski definition) is 1. The Morgan fingerprint density at radius 3 is 2.88 bits per heavy atom. The lowest BCUT2D eigenvalue weighted by Crippen LogP contribution is -2.41. The first-order valence-electron chi connectivity index (χ1n) is 6.75. The molecule has 0 aromatic heterocycles. The molecule has 88 valence electrons. The normalized spacial score (nSPS) is 50.1. The number of fused-ring (bicyclic) bond motifs is 5. The van der Waals surface area contributed by atoms with Crippen molar-refractivity contribution in [3.8, 4) is 0 Å². The molecule has 1 heteroatoms. The molecule has 0 spiro atoms. The predicted octanol–water partition coefficient (Wildman–Crippen LogP) is 3.59. The second-order valence-electron chi connectivity index (χ2n) is 6.47. The van der Waals surface area contributed by atoms with Crippen molar-refractivity contribution in [2.45, 2.75) is 46.5 Å². The molecule has 0 amide bonds. The Morgan fingerprint density at radius 1 is 1.44 bits per heavy atom. The largest absolute Gasteiger partial charge is 0.299 e. The summed E-state index contributed by atoms with van der Waals surface area (Å²) in [5.74, 6) is 3.46. The molecule has 3 rings (SSSR count). The Balaban J connectivity index is 1.99. The molecular formula is C15H22O. The van der Waals surface area contributed by atoms with Gasteiger partial charge in [0.1, 0.15) is 5.78 Å². The van der Waals surface area contributed by atoms with Gasteiger partial charge in [-0.1, -0.05) is 25.5 Å². The molecule has 5 atom stereocenters. The molecule has 16 heavy (non-hydrogen) atoms. The van der Waals surface area contributed by atoms with E-state index >= 15 is 0 Å². The lowest BCUT2D eigenvalue weighted by molar-refractivity contribution is -0.129. The number of rotatable bonds is 1. The molecule has 0 heterocycles. The van der Waals surface area contributed by atoms with Gasteiger partial charge in [-0.05, 0) is 56.3 Å². The zero-order valence-electron chi connectivity index (χ0n) is 10.6. The molecular weight excluding hydrogens is 196 g/mol. The summed E-state index contributed by atoms with van der Waals surface area (Å²) in [6.45, 7) is 6.28. The Morgan fingerprint density at radius 2 is 2.19 bits per heavy atom. The first-order chi connectivity index (χ1) is 7.54. The van der Waals surface area contributed by atoms with Crippen LogP contribution in [0.3, 0.4) is 0 Å². The summed E-state index contributed by atoms with van der Waals surface area (Å²) in [5, 5.41) is 0. The maximum Gasteiger partial charge on any atom is 0.136 e. The minimum Gasteiger partial charge on any atom is -0.299 e. The van der Waals surface area contributed by atoms with Crippen LogP contribution in [0, 0.1) is 29.1 Å². The highest BCUT2D eigenvalue weighted by Crippen LogP contribution is 2.60. The van der Waals surface area contributed by atoms with Crippen LogP contribution in [0.25, 0.3) is 0 Å². The Bertz CT molecular complexity index is 368. The molecule has 0 aromatic carbocycles. The molecule has 0 aromatic rings. The number of ketones is 1. The van der Waals surface area contributed by atoms with Gasteiger partial charge in [0.2, 0.25) is 0 Å². The molecule has 3 aliphatic rings. The van der Waals surface area contributed by atoms with Crippen LogP contribution < -0.4 is 0 Å². The Labute approximate surface area is 98.3 Å². The Kier molecular flexibility index (Phi) is 2.12. The molecule has 2 bridgehead atoms. The van der Waals surface area contributed by atoms with Crippen LogP contribution in [-0.2, 0) is 4.79 Å². The molecule has 3 aliphatic carbocycles. The summed E-state index contributed by atoms with van der Waals surface area (Å²) in [6.07, 6.45) is 7.64. The van der Waals surface area contributed by atoms with Crippen LogP contribution in [0.5, 0.6) is 0 Å². The third-order valence-corrected chi connectivity index (χ3v) is 5.95. The quantitative estimate of drug-likeness (QED) is 0.615. The van der Waals surface area contributed by atoms with Gasteiger partial charge in [-0.25, -0.2) is 0 Å². The molecule has 0 aliphatic heterocycles. The molecule has 0 N–H and O–H groups in total. The first-order valence-corrected chi connectivity index (χ1v) is 6.75. The standard InChI is InChI=1S/C15H22O/c1-9-14-12-5-4-11(8-12)13(14)6-7-15(9,3)10(2)16/h6,9,11-12,14H,4-5,7-8H2,1-3H3. The third-order valence-electron chi connectivity index (χ3n) is 5.95. The number of hydrogen-bond donors (Lipinski definition) is 0. The highest BCUT2D eigenvalue weighted by molar-refractivity contribution is 5.83. The monoisotopic (exact) mass is 218 g/mol. The van der Waals surface area contributed by atoms with Crippen LogP contribution in [0.2, 0.25) is 0 Å². The lowest BCUT2D eigenvalue weighted by atomic mass is 9.59. The number of carbonyl (C=O) groups is 1. The zero-order valence-corrected chi connectivity index (χ0v) is 10.6. The van der Waals surface area contributed by atoms with Crippen molar-refractivity contribution in [3.05, 3.63) is 11.6 Å². The third kappa shape index (κ3) is 1.15. The Hall–Kier alpha value is -0.590. The van der Waals surface area contributed by atoms with E-state index in [1.54, 1.807) is 12.5 Å². The van der Waals surface area contributed by atoms with Crippen molar-refractivity contribution in [3.63, 3.8) is 0 Å². The summed E-state index contributed by atoms with van der Waals surface area (Å²) in [4.78, 5) is 11.9. The SMILES string of the molecule is CC(=O)C1(C)CC=C2C3CCC(C3)C2C1C. The van der Waals surface area contributed by atoms with E-state index in [1.165, 1.54) is 19.3 Å². The maximum atomic E-state index is 11.9. The van der Waals surface area contributed by atoms with Crippen molar-refractivity contribution in [2.75, 3.05) is 0 Å². The van der Waals surface area contributed by atoms with E-state index in [9.17, 15) is 4.79 Å². The minimum absolute atomic E-state index is 0.0847. The van der Waals surface area contributed by atoms with Crippen molar-refractivity contribution in [1.82, 2.24) is 0 Å². The fraction of sp³-hybridized carbons (Fsp3) is 0.800. The fourth-order valence-electron chi connectivity index (χ4n) is 4.57. The van der Waals surface area contributed by atoms with Crippen molar-refractivity contribution in [2.24, 2.45) is 29.1 Å². The summed E-state index contributed by atoms with van der Waals surface area (Å²) >= 11 is 0. The molecule has 2 saturated carbocycles. The van der Waals surface area contributed by atoms with E-state index in [2.05, 4.69) is 19.9 Å². The van der Waals surface area contributed by atoms with Crippen LogP contribution >= 0.6 is 0 Å². The van der Waals surface area contributed by atoms with Crippen LogP contribution in [0.4, 0.5) is 0 Å². The van der Waals surface area contributed by atoms with E-state index in [1.807, 2.05) is 0 Å². The van der Waals surface area contributed by atoms with Crippen LogP contribution in [0.1, 0.15) is 46.5 Å². The average molecular weight is 218 g/mol. The van der Waals surface area contributed by atoms with E-state index in [4.69, 9.17) is 0 Å². The van der Waals surface area contributed by atoms with E-state index in [-0.39, 0.29) is 5.41 Å². The lowest BCUT2D eigenvalue weighted by Gasteiger charge is -2.44. The average Bonchev–Trinajstić information content (AvgIpc) is 2.83. The van der Waals surface area contributed by atoms with Crippen molar-refractivity contribution < 1.29 is 4.79 Å². The van der Waals surface area contributed by atoms with Crippen molar-refractivity contribution in [1.29, 1.82) is 0 Å². The smallest absolute Gasteiger partial charge is 0.136 e. The number of Topliss-reactive ketones (excluding diaryl/α,β-unsaturated/α-hetero) is 1. The van der Waals surface area contributed by atoms with Crippen LogP contribution in [-0.4, -0.2) is 5.78 Å². The predicted molar refractivity (Wildman–Crippen MR) is 65.0 cm³/mol. The highest BCUT2D eigenvalue weighted by Gasteiger charge is 2.53. The van der Waals surface area contributed by atoms with Gasteiger partial charge in [0.15, 0.2) is 0 Å². The van der Waals surface area contributed by atoms with E-state index in [0.29, 0.717) is 11.7 Å². The van der Waals surface area contributed by atoms with E-state index in [0.717, 1.165) is 24.2 Å². The number of allylic oxidation sites excluding steroid dienone is 2. The van der Waals surface area contributed by atoms with E-state index < -0.39 is 0 Å². The van der Waals surface area contributed by atoms with Gasteiger partial charge in [0.25, 0.3) is 0 Å². The molecule has 0 radical (unpaired) electrons. The fourth-order valence-corrected chi connectivity index (χ4v) is 4.57. The number of carbonyl (C=O) groups excluding carboxylic acids is 1. The summed E-state index contributed by atoms with van der Waals surface area (Å²) in [5.41, 5.74) is 1.64. The molecule has 1 nitrogen and oxygen atoms in total. The molecule has 0 saturated heterocycles. The van der Waals surface area contributed by atoms with Gasteiger partial charge in [-0.2, -0.15) is 0 Å². The minimum atomic E-state index is -0.0847. The second kappa shape index (κ2) is 3.21. The van der Waals surface area contributed by atoms with Gasteiger partial charge in [-0.15, -0.1) is 0 Å². The first kappa shape index (κ1) is 10.6. The topological polar surface area (TPSA) is 17.1 Å². The van der Waals surface area contributed by atoms with Gasteiger partial charge < -0.3 is 0 Å². The molecule has 5 unspecified atom stereocenters. The van der Waals surface area contributed by atoms with Gasteiger partial charge in [-0.3, -0.25) is 4.79 Å². The summed E-state index contributed by atoms with van der Waals surface area (Å²) in [6, 6.07) is 0. The second-order valence-corrected chi connectivity index (χ2v) is 6.47. The van der Waals surface area contributed by atoms with Gasteiger partial charge in [0, 0.05) is 5.41 Å². The maximum absolute atomic E-state index is 11.9. The molecule has 2 fully saturated rings. The summed E-state index contributed by atoms with van der Waals surface area (Å²) in [7, 11) is 0. The zero-order chi connectivity index (χ0) is 11.5.